The van der Waals surface area contributed by atoms with E-state index >= 15 is 0 Å². The van der Waals surface area contributed by atoms with E-state index in [0.717, 1.165) is 5.69 Å². The predicted molar refractivity (Wildman–Crippen MR) is 117 cm³/mol. The Balaban J connectivity index is 1.60. The monoisotopic (exact) mass is 388 g/mol. The van der Waals surface area contributed by atoms with Gasteiger partial charge in [0, 0.05) is 30.2 Å². The summed E-state index contributed by atoms with van der Waals surface area (Å²) in [5.74, 6) is 0.759. The van der Waals surface area contributed by atoms with Crippen molar-refractivity contribution in [2.24, 2.45) is 0 Å². The molecule has 148 valence electrons. The highest BCUT2D eigenvalue weighted by Gasteiger charge is 2.08. The van der Waals surface area contributed by atoms with Gasteiger partial charge in [0.1, 0.15) is 5.82 Å². The van der Waals surface area contributed by atoms with Crippen LogP contribution in [0, 0.1) is 0 Å². The molecular weight excluding hydrogens is 364 g/mol. The third kappa shape index (κ3) is 5.65. The molecule has 0 aliphatic heterocycles. The zero-order chi connectivity index (χ0) is 20.8. The summed E-state index contributed by atoms with van der Waals surface area (Å²) in [4.78, 5) is 27.8. The molecule has 3 N–H and O–H groups in total. The summed E-state index contributed by atoms with van der Waals surface area (Å²) < 4.78 is 0. The van der Waals surface area contributed by atoms with Gasteiger partial charge in [-0.3, -0.25) is 9.59 Å². The molecular formula is C23H24N4O2. The number of pyridine rings is 1. The zero-order valence-electron chi connectivity index (χ0n) is 16.7. The van der Waals surface area contributed by atoms with E-state index in [-0.39, 0.29) is 11.8 Å². The molecule has 0 radical (unpaired) electrons. The maximum absolute atomic E-state index is 12.4. The fraction of sp³-hybridized carbons (Fsp3) is 0.174. The maximum atomic E-state index is 12.4. The molecule has 0 bridgehead atoms. The number of aromatic nitrogens is 1. The second-order valence-corrected chi connectivity index (χ2v) is 7.05. The van der Waals surface area contributed by atoms with Crippen molar-refractivity contribution < 1.29 is 9.59 Å². The van der Waals surface area contributed by atoms with Gasteiger partial charge in [0.05, 0.1) is 5.56 Å². The van der Waals surface area contributed by atoms with Crippen molar-refractivity contribution in [2.45, 2.75) is 26.7 Å². The number of carbonyl (C=O) groups is 2. The van der Waals surface area contributed by atoms with Crippen molar-refractivity contribution >= 4 is 34.7 Å². The van der Waals surface area contributed by atoms with Crippen LogP contribution in [0.5, 0.6) is 0 Å². The van der Waals surface area contributed by atoms with Crippen LogP contribution in [-0.4, -0.2) is 16.8 Å². The second-order valence-electron chi connectivity index (χ2n) is 7.05. The zero-order valence-corrected chi connectivity index (χ0v) is 16.7. The van der Waals surface area contributed by atoms with Gasteiger partial charge in [-0.05, 0) is 60.0 Å². The molecule has 0 saturated carbocycles. The highest BCUT2D eigenvalue weighted by molar-refractivity contribution is 6.04. The fourth-order valence-corrected chi connectivity index (χ4v) is 2.74. The van der Waals surface area contributed by atoms with Crippen LogP contribution in [0.3, 0.4) is 0 Å². The summed E-state index contributed by atoms with van der Waals surface area (Å²) in [6.07, 6.45) is 1.53. The molecule has 29 heavy (non-hydrogen) atoms. The molecule has 6 heteroatoms. The van der Waals surface area contributed by atoms with Crippen LogP contribution in [0.15, 0.2) is 66.9 Å². The van der Waals surface area contributed by atoms with Crippen molar-refractivity contribution in [1.82, 2.24) is 4.98 Å². The molecule has 1 heterocycles. The normalized spacial score (nSPS) is 10.5. The Kier molecular flexibility index (Phi) is 6.24. The van der Waals surface area contributed by atoms with E-state index in [0.29, 0.717) is 28.7 Å². The van der Waals surface area contributed by atoms with Gasteiger partial charge in [-0.2, -0.15) is 0 Å². The summed E-state index contributed by atoms with van der Waals surface area (Å²) in [6, 6.07) is 18.6. The molecule has 0 fully saturated rings. The lowest BCUT2D eigenvalue weighted by molar-refractivity contribution is -0.114. The van der Waals surface area contributed by atoms with Gasteiger partial charge in [0.15, 0.2) is 0 Å². The first-order valence-corrected chi connectivity index (χ1v) is 9.43. The van der Waals surface area contributed by atoms with E-state index in [1.54, 1.807) is 36.4 Å². The summed E-state index contributed by atoms with van der Waals surface area (Å²) in [7, 11) is 0. The third-order valence-electron chi connectivity index (χ3n) is 4.34. The average molecular weight is 388 g/mol. The minimum Gasteiger partial charge on any atom is -0.340 e. The quantitative estimate of drug-likeness (QED) is 0.545. The summed E-state index contributed by atoms with van der Waals surface area (Å²) >= 11 is 0. The number of anilines is 4. The number of hydrogen-bond acceptors (Lipinski definition) is 4. The van der Waals surface area contributed by atoms with Gasteiger partial charge in [-0.15, -0.1) is 0 Å². The average Bonchev–Trinajstić information content (AvgIpc) is 2.70. The molecule has 6 nitrogen and oxygen atoms in total. The Morgan fingerprint density at radius 1 is 0.793 bits per heavy atom. The van der Waals surface area contributed by atoms with Crippen LogP contribution in [0.25, 0.3) is 0 Å². The number of carbonyl (C=O) groups excluding carboxylic acids is 2. The lowest BCUT2D eigenvalue weighted by Crippen LogP contribution is -2.12. The number of amides is 2. The van der Waals surface area contributed by atoms with Crippen LogP contribution in [0.1, 0.15) is 42.6 Å². The Hall–Kier alpha value is -3.67. The predicted octanol–water partition coefficient (Wildman–Crippen LogP) is 5.16. The molecule has 0 unspecified atom stereocenters. The maximum Gasteiger partial charge on any atom is 0.257 e. The van der Waals surface area contributed by atoms with E-state index in [9.17, 15) is 9.59 Å². The molecule has 3 rings (SSSR count). The van der Waals surface area contributed by atoms with Crippen LogP contribution in [0.2, 0.25) is 0 Å². The first-order valence-electron chi connectivity index (χ1n) is 9.43. The van der Waals surface area contributed by atoms with Gasteiger partial charge in [0.2, 0.25) is 5.91 Å². The SMILES string of the molecule is CC(=O)Nc1ccc(NC(=O)c2ccc(Nc3ccc(C(C)C)cc3)nc2)cc1. The van der Waals surface area contributed by atoms with Gasteiger partial charge in [-0.1, -0.05) is 26.0 Å². The minimum absolute atomic E-state index is 0.141. The Bertz CT molecular complexity index is 979. The van der Waals surface area contributed by atoms with Gasteiger partial charge >= 0.3 is 0 Å². The Labute approximate surface area is 170 Å². The smallest absolute Gasteiger partial charge is 0.257 e. The molecule has 2 aromatic carbocycles. The lowest BCUT2D eigenvalue weighted by Gasteiger charge is -2.10. The summed E-state index contributed by atoms with van der Waals surface area (Å²) in [6.45, 7) is 5.76. The molecule has 0 saturated heterocycles. The topological polar surface area (TPSA) is 83.1 Å². The van der Waals surface area contributed by atoms with Gasteiger partial charge in [0.25, 0.3) is 5.91 Å². The van der Waals surface area contributed by atoms with Gasteiger partial charge < -0.3 is 16.0 Å². The van der Waals surface area contributed by atoms with Crippen LogP contribution >= 0.6 is 0 Å². The van der Waals surface area contributed by atoms with Crippen molar-refractivity contribution in [3.05, 3.63) is 78.0 Å². The van der Waals surface area contributed by atoms with Crippen molar-refractivity contribution in [2.75, 3.05) is 16.0 Å². The number of hydrogen-bond donors (Lipinski definition) is 3. The summed E-state index contributed by atoms with van der Waals surface area (Å²) in [5, 5.41) is 8.73. The third-order valence-corrected chi connectivity index (χ3v) is 4.34. The highest BCUT2D eigenvalue weighted by Crippen LogP contribution is 2.20. The van der Waals surface area contributed by atoms with Crippen molar-refractivity contribution in [3.63, 3.8) is 0 Å². The number of rotatable bonds is 6. The lowest BCUT2D eigenvalue weighted by atomic mass is 10.0. The van der Waals surface area contributed by atoms with Gasteiger partial charge in [-0.25, -0.2) is 4.98 Å². The summed E-state index contributed by atoms with van der Waals surface area (Å²) in [5.41, 5.74) is 3.99. The molecule has 0 aliphatic carbocycles. The first kappa shape index (κ1) is 20.1. The van der Waals surface area contributed by atoms with Crippen LogP contribution in [-0.2, 0) is 4.79 Å². The molecule has 0 spiro atoms. The van der Waals surface area contributed by atoms with E-state index < -0.39 is 0 Å². The fourth-order valence-electron chi connectivity index (χ4n) is 2.74. The van der Waals surface area contributed by atoms with E-state index in [4.69, 9.17) is 0 Å². The van der Waals surface area contributed by atoms with Crippen molar-refractivity contribution in [1.29, 1.82) is 0 Å². The van der Waals surface area contributed by atoms with E-state index in [2.05, 4.69) is 46.9 Å². The first-order chi connectivity index (χ1) is 13.9. The van der Waals surface area contributed by atoms with Crippen LogP contribution in [0.4, 0.5) is 22.9 Å². The number of nitrogens with one attached hydrogen (secondary N) is 3. The van der Waals surface area contributed by atoms with E-state index in [1.165, 1.54) is 18.7 Å². The Morgan fingerprint density at radius 2 is 1.38 bits per heavy atom. The molecule has 0 atom stereocenters. The van der Waals surface area contributed by atoms with Crippen LogP contribution < -0.4 is 16.0 Å². The molecule has 1 aromatic heterocycles. The second kappa shape index (κ2) is 9.01. The largest absolute Gasteiger partial charge is 0.340 e. The minimum atomic E-state index is -0.252. The molecule has 3 aromatic rings. The highest BCUT2D eigenvalue weighted by atomic mass is 16.2. The van der Waals surface area contributed by atoms with E-state index in [1.807, 2.05) is 12.1 Å². The number of benzene rings is 2. The molecule has 2 amide bonds. The number of nitrogens with zero attached hydrogens (tertiary/aromatic N) is 1. The standard InChI is InChI=1S/C23H24N4O2/c1-15(2)17-4-7-20(8-5-17)26-22-13-6-18(14-24-22)23(29)27-21-11-9-19(10-12-21)25-16(3)28/h4-15H,1-3H3,(H,24,26)(H,25,28)(H,27,29). The molecule has 0 aliphatic rings. The van der Waals surface area contributed by atoms with Crippen molar-refractivity contribution in [3.8, 4) is 0 Å². The Morgan fingerprint density at radius 3 is 1.90 bits per heavy atom.